The maximum atomic E-state index is 12.5. The van der Waals surface area contributed by atoms with E-state index in [9.17, 15) is 4.79 Å². The van der Waals surface area contributed by atoms with Crippen LogP contribution in [-0.2, 0) is 10.2 Å². The van der Waals surface area contributed by atoms with Gasteiger partial charge >= 0.3 is 0 Å². The lowest BCUT2D eigenvalue weighted by Crippen LogP contribution is -2.37. The molecule has 0 bridgehead atoms. The van der Waals surface area contributed by atoms with Gasteiger partial charge in [-0.05, 0) is 29.8 Å². The van der Waals surface area contributed by atoms with Crippen molar-refractivity contribution in [3.05, 3.63) is 59.2 Å². The maximum absolute atomic E-state index is 12.5. The Morgan fingerprint density at radius 3 is 2.90 bits per heavy atom. The van der Waals surface area contributed by atoms with Gasteiger partial charge in [-0.3, -0.25) is 4.79 Å². The Morgan fingerprint density at radius 1 is 1.20 bits per heavy atom. The van der Waals surface area contributed by atoms with Crippen LogP contribution in [0.1, 0.15) is 16.7 Å². The van der Waals surface area contributed by atoms with E-state index in [2.05, 4.69) is 11.4 Å². The lowest BCUT2D eigenvalue weighted by atomic mass is 9.77. The van der Waals surface area contributed by atoms with Gasteiger partial charge in [-0.1, -0.05) is 18.2 Å². The highest BCUT2D eigenvalue weighted by atomic mass is 16.5. The average molecular weight is 262 g/mol. The fourth-order valence-electron chi connectivity index (χ4n) is 3.05. The summed E-state index contributed by atoms with van der Waals surface area (Å²) in [4.78, 5) is 12.5. The number of benzene rings is 2. The summed E-state index contributed by atoms with van der Waals surface area (Å²) in [6.07, 6.45) is 0. The van der Waals surface area contributed by atoms with Crippen LogP contribution in [0.15, 0.2) is 42.5 Å². The van der Waals surface area contributed by atoms with E-state index >= 15 is 0 Å². The zero-order valence-corrected chi connectivity index (χ0v) is 10.5. The Labute approximate surface area is 115 Å². The van der Waals surface area contributed by atoms with E-state index < -0.39 is 5.41 Å². The van der Waals surface area contributed by atoms with Gasteiger partial charge in [-0.15, -0.1) is 0 Å². The molecule has 2 aliphatic rings. The number of amides is 1. The minimum absolute atomic E-state index is 0.0902. The van der Waals surface area contributed by atoms with Crippen LogP contribution < -0.4 is 10.1 Å². The minimum Gasteiger partial charge on any atom is -0.491 e. The van der Waals surface area contributed by atoms with Crippen molar-refractivity contribution >= 4 is 11.6 Å². The highest BCUT2D eigenvalue weighted by Crippen LogP contribution is 2.49. The molecule has 0 radical (unpaired) electrons. The van der Waals surface area contributed by atoms with Crippen molar-refractivity contribution in [1.29, 1.82) is 5.26 Å². The fourth-order valence-corrected chi connectivity index (χ4v) is 3.05. The molecule has 4 heteroatoms. The summed E-state index contributed by atoms with van der Waals surface area (Å²) in [5.41, 5.74) is 2.22. The number of carbonyl (C=O) groups excluding carboxylic acids is 1. The van der Waals surface area contributed by atoms with Gasteiger partial charge in [0.15, 0.2) is 0 Å². The molecular weight excluding hydrogens is 252 g/mol. The zero-order valence-electron chi connectivity index (χ0n) is 10.5. The monoisotopic (exact) mass is 262 g/mol. The molecule has 2 aliphatic heterocycles. The van der Waals surface area contributed by atoms with Gasteiger partial charge in [-0.2, -0.15) is 5.26 Å². The molecule has 1 atom stereocenters. The van der Waals surface area contributed by atoms with Crippen LogP contribution in [0.4, 0.5) is 5.69 Å². The number of nitriles is 1. The second-order valence-electron chi connectivity index (χ2n) is 5.02. The summed E-state index contributed by atoms with van der Waals surface area (Å²) in [6, 6.07) is 15.0. The van der Waals surface area contributed by atoms with Crippen molar-refractivity contribution in [2.45, 2.75) is 5.41 Å². The molecule has 0 aromatic heterocycles. The van der Waals surface area contributed by atoms with Crippen LogP contribution >= 0.6 is 0 Å². The number of nitrogens with zero attached hydrogens (tertiary/aromatic N) is 1. The number of hydrogen-bond donors (Lipinski definition) is 1. The number of hydrogen-bond acceptors (Lipinski definition) is 3. The van der Waals surface area contributed by atoms with E-state index in [1.54, 1.807) is 18.2 Å². The number of para-hydroxylation sites is 1. The van der Waals surface area contributed by atoms with Crippen LogP contribution in [0.2, 0.25) is 0 Å². The standard InChI is InChI=1S/C16H10N2O2/c17-8-10-5-6-14-12(7-10)16(9-20-14)11-3-1-2-4-13(11)18-15(16)19/h1-7H,9H2,(H,18,19). The number of fused-ring (bicyclic) bond motifs is 4. The normalized spacial score (nSPS) is 21.9. The molecule has 4 rings (SSSR count). The van der Waals surface area contributed by atoms with Gasteiger partial charge in [0.25, 0.3) is 0 Å². The van der Waals surface area contributed by atoms with Gasteiger partial charge in [0.2, 0.25) is 5.91 Å². The van der Waals surface area contributed by atoms with Crippen LogP contribution in [-0.4, -0.2) is 12.5 Å². The van der Waals surface area contributed by atoms with Gasteiger partial charge < -0.3 is 10.1 Å². The Bertz CT molecular complexity index is 791. The first-order chi connectivity index (χ1) is 9.75. The molecule has 2 aromatic carbocycles. The molecule has 1 amide bonds. The van der Waals surface area contributed by atoms with Crippen molar-refractivity contribution in [1.82, 2.24) is 0 Å². The summed E-state index contributed by atoms with van der Waals surface area (Å²) in [6.45, 7) is 0.278. The first-order valence-electron chi connectivity index (χ1n) is 6.34. The number of carbonyl (C=O) groups is 1. The minimum atomic E-state index is -0.821. The first kappa shape index (κ1) is 11.1. The zero-order chi connectivity index (χ0) is 13.7. The molecule has 96 valence electrons. The van der Waals surface area contributed by atoms with Gasteiger partial charge in [0, 0.05) is 11.3 Å². The van der Waals surface area contributed by atoms with Crippen molar-refractivity contribution in [3.63, 3.8) is 0 Å². The van der Waals surface area contributed by atoms with E-state index in [-0.39, 0.29) is 12.5 Å². The highest BCUT2D eigenvalue weighted by molar-refractivity contribution is 6.09. The van der Waals surface area contributed by atoms with E-state index in [1.807, 2.05) is 24.3 Å². The third-order valence-corrected chi connectivity index (χ3v) is 4.04. The van der Waals surface area contributed by atoms with Gasteiger partial charge in [0.05, 0.1) is 11.6 Å². The molecule has 1 unspecified atom stereocenters. The smallest absolute Gasteiger partial charge is 0.243 e. The van der Waals surface area contributed by atoms with Crippen LogP contribution in [0.25, 0.3) is 0 Å². The number of ether oxygens (including phenoxy) is 1. The highest BCUT2D eigenvalue weighted by Gasteiger charge is 2.53. The number of anilines is 1. The molecule has 1 spiro atoms. The predicted octanol–water partition coefficient (Wildman–Crippen LogP) is 2.19. The van der Waals surface area contributed by atoms with E-state index in [1.165, 1.54) is 0 Å². The Balaban J connectivity index is 2.02. The summed E-state index contributed by atoms with van der Waals surface area (Å²) in [5.74, 6) is 0.586. The summed E-state index contributed by atoms with van der Waals surface area (Å²) >= 11 is 0. The lowest BCUT2D eigenvalue weighted by molar-refractivity contribution is -0.119. The molecule has 4 nitrogen and oxygen atoms in total. The quantitative estimate of drug-likeness (QED) is 0.791. The Kier molecular flexibility index (Phi) is 2.00. The van der Waals surface area contributed by atoms with Crippen LogP contribution in [0, 0.1) is 11.3 Å². The van der Waals surface area contributed by atoms with Crippen LogP contribution in [0.3, 0.4) is 0 Å². The second kappa shape index (κ2) is 3.61. The Morgan fingerprint density at radius 2 is 2.05 bits per heavy atom. The third kappa shape index (κ3) is 1.17. The summed E-state index contributed by atoms with van der Waals surface area (Å²) < 4.78 is 5.69. The Hall–Kier alpha value is -2.80. The van der Waals surface area contributed by atoms with E-state index in [0.717, 1.165) is 16.8 Å². The maximum Gasteiger partial charge on any atom is 0.243 e. The van der Waals surface area contributed by atoms with E-state index in [4.69, 9.17) is 10.00 Å². The lowest BCUT2D eigenvalue weighted by Gasteiger charge is -2.20. The topological polar surface area (TPSA) is 62.1 Å². The summed E-state index contributed by atoms with van der Waals surface area (Å²) in [7, 11) is 0. The molecule has 1 N–H and O–H groups in total. The van der Waals surface area contributed by atoms with Crippen molar-refractivity contribution in [3.8, 4) is 11.8 Å². The number of nitrogens with one attached hydrogen (secondary N) is 1. The predicted molar refractivity (Wildman–Crippen MR) is 72.5 cm³/mol. The van der Waals surface area contributed by atoms with Crippen molar-refractivity contribution < 1.29 is 9.53 Å². The number of rotatable bonds is 0. The summed E-state index contributed by atoms with van der Waals surface area (Å²) in [5, 5.41) is 12.0. The molecule has 20 heavy (non-hydrogen) atoms. The van der Waals surface area contributed by atoms with Crippen molar-refractivity contribution in [2.75, 3.05) is 11.9 Å². The molecular formula is C16H10N2O2. The molecule has 0 saturated heterocycles. The first-order valence-corrected chi connectivity index (χ1v) is 6.34. The molecule has 0 fully saturated rings. The average Bonchev–Trinajstić information content (AvgIpc) is 3.00. The van der Waals surface area contributed by atoms with Crippen LogP contribution in [0.5, 0.6) is 5.75 Å². The molecule has 2 heterocycles. The van der Waals surface area contributed by atoms with Gasteiger partial charge in [-0.25, -0.2) is 0 Å². The third-order valence-electron chi connectivity index (χ3n) is 4.04. The van der Waals surface area contributed by atoms with Crippen molar-refractivity contribution in [2.24, 2.45) is 0 Å². The molecule has 0 saturated carbocycles. The van der Waals surface area contributed by atoms with Gasteiger partial charge in [0.1, 0.15) is 17.8 Å². The molecule has 0 aliphatic carbocycles. The molecule has 2 aromatic rings. The second-order valence-corrected chi connectivity index (χ2v) is 5.02. The van der Waals surface area contributed by atoms with E-state index in [0.29, 0.717) is 11.3 Å². The SMILES string of the molecule is N#Cc1ccc2c(c1)C1(CO2)C(=O)Nc2ccccc21. The fraction of sp³-hybridized carbons (Fsp3) is 0.125. The largest absolute Gasteiger partial charge is 0.491 e.